The highest BCUT2D eigenvalue weighted by atomic mass is 19.4. The number of ether oxygens (including phenoxy) is 2. The van der Waals surface area contributed by atoms with Crippen LogP contribution in [0.4, 0.5) is 30.7 Å². The summed E-state index contributed by atoms with van der Waals surface area (Å²) in [5.41, 5.74) is 0. The lowest BCUT2D eigenvalue weighted by Gasteiger charge is -2.35. The Bertz CT molecular complexity index is 494. The molecule has 0 aromatic rings. The SMILES string of the molecule is C=CC(O)OC(OCCC(F)(F)C(C)(F)F)(C(=O)NCCCC)C(F)(F)F. The number of rotatable bonds is 12. The number of carbonyl (C=O) groups excluding carboxylic acids is 1. The maximum atomic E-state index is 13.5. The molecule has 2 N–H and O–H groups in total. The van der Waals surface area contributed by atoms with Gasteiger partial charge in [-0.25, -0.2) is 8.78 Å². The van der Waals surface area contributed by atoms with E-state index in [0.29, 0.717) is 12.5 Å². The van der Waals surface area contributed by atoms with Gasteiger partial charge < -0.3 is 19.9 Å². The molecule has 0 aliphatic carbocycles. The number of halogens is 7. The second kappa shape index (κ2) is 9.69. The number of amides is 1. The number of nitrogens with one attached hydrogen (secondary N) is 1. The van der Waals surface area contributed by atoms with Gasteiger partial charge in [-0.15, -0.1) is 0 Å². The highest BCUT2D eigenvalue weighted by Gasteiger charge is 2.65. The Hall–Kier alpha value is -1.40. The molecule has 160 valence electrons. The predicted molar refractivity (Wildman–Crippen MR) is 80.1 cm³/mol. The zero-order valence-corrected chi connectivity index (χ0v) is 14.7. The van der Waals surface area contributed by atoms with E-state index in [-0.39, 0.29) is 19.9 Å². The summed E-state index contributed by atoms with van der Waals surface area (Å²) in [6.07, 6.45) is -8.53. The molecule has 0 aromatic carbocycles. The molecule has 0 aromatic heterocycles. The normalized spacial score (nSPS) is 16.5. The minimum atomic E-state index is -5.63. The van der Waals surface area contributed by atoms with Gasteiger partial charge in [0.15, 0.2) is 6.29 Å². The van der Waals surface area contributed by atoms with Crippen LogP contribution < -0.4 is 5.32 Å². The Kier molecular flexibility index (Phi) is 9.19. The van der Waals surface area contributed by atoms with Crippen LogP contribution in [0, 0.1) is 0 Å². The largest absolute Gasteiger partial charge is 0.453 e. The number of unbranched alkanes of at least 4 members (excludes halogenated alkanes) is 1. The second-order valence-corrected chi connectivity index (χ2v) is 5.66. The Balaban J connectivity index is 5.59. The Morgan fingerprint density at radius 1 is 1.22 bits per heavy atom. The molecule has 0 bridgehead atoms. The highest BCUT2D eigenvalue weighted by Crippen LogP contribution is 2.39. The first kappa shape index (κ1) is 25.6. The van der Waals surface area contributed by atoms with E-state index in [1.807, 2.05) is 5.32 Å². The fourth-order valence-corrected chi connectivity index (χ4v) is 1.69. The van der Waals surface area contributed by atoms with Gasteiger partial charge in [0.25, 0.3) is 5.91 Å². The molecule has 0 radical (unpaired) electrons. The van der Waals surface area contributed by atoms with E-state index in [0.717, 1.165) is 0 Å². The molecular weight excluding hydrogens is 391 g/mol. The summed E-state index contributed by atoms with van der Waals surface area (Å²) in [6, 6.07) is 0. The van der Waals surface area contributed by atoms with E-state index < -0.39 is 49.0 Å². The third-order valence-electron chi connectivity index (χ3n) is 3.34. The molecule has 0 spiro atoms. The van der Waals surface area contributed by atoms with Gasteiger partial charge >= 0.3 is 23.8 Å². The molecule has 2 atom stereocenters. The summed E-state index contributed by atoms with van der Waals surface area (Å²) >= 11 is 0. The minimum Gasteiger partial charge on any atom is -0.365 e. The summed E-state index contributed by atoms with van der Waals surface area (Å²) in [4.78, 5) is 12.0. The van der Waals surface area contributed by atoms with Gasteiger partial charge in [0.2, 0.25) is 0 Å². The highest BCUT2D eigenvalue weighted by molar-refractivity contribution is 5.84. The second-order valence-electron chi connectivity index (χ2n) is 5.66. The number of hydrogen-bond acceptors (Lipinski definition) is 4. The first-order valence-corrected chi connectivity index (χ1v) is 7.87. The fourth-order valence-electron chi connectivity index (χ4n) is 1.69. The van der Waals surface area contributed by atoms with Crippen molar-refractivity contribution in [3.63, 3.8) is 0 Å². The van der Waals surface area contributed by atoms with Crippen LogP contribution in [0.2, 0.25) is 0 Å². The average Bonchev–Trinajstić information content (AvgIpc) is 2.51. The van der Waals surface area contributed by atoms with E-state index in [9.17, 15) is 40.6 Å². The smallest absolute Gasteiger partial charge is 0.365 e. The van der Waals surface area contributed by atoms with Crippen LogP contribution >= 0.6 is 0 Å². The van der Waals surface area contributed by atoms with Crippen molar-refractivity contribution in [3.05, 3.63) is 12.7 Å². The lowest BCUT2D eigenvalue weighted by Crippen LogP contribution is -2.62. The molecule has 0 aliphatic heterocycles. The van der Waals surface area contributed by atoms with E-state index in [4.69, 9.17) is 0 Å². The van der Waals surface area contributed by atoms with Crippen LogP contribution in [-0.4, -0.2) is 54.3 Å². The first-order chi connectivity index (χ1) is 12.1. The number of aliphatic hydroxyl groups is 1. The molecule has 0 saturated carbocycles. The molecule has 5 nitrogen and oxygen atoms in total. The zero-order valence-electron chi connectivity index (χ0n) is 14.7. The number of carbonyl (C=O) groups is 1. The van der Waals surface area contributed by atoms with Crippen LogP contribution in [0.25, 0.3) is 0 Å². The van der Waals surface area contributed by atoms with Crippen molar-refractivity contribution < 1.29 is 50.1 Å². The van der Waals surface area contributed by atoms with Crippen molar-refractivity contribution in [2.45, 2.75) is 63.2 Å². The molecule has 0 aliphatic rings. The maximum absolute atomic E-state index is 13.5. The van der Waals surface area contributed by atoms with Gasteiger partial charge in [0.05, 0.1) is 6.61 Å². The van der Waals surface area contributed by atoms with Crippen LogP contribution in [0.5, 0.6) is 0 Å². The van der Waals surface area contributed by atoms with Crippen molar-refractivity contribution in [1.82, 2.24) is 5.32 Å². The minimum absolute atomic E-state index is 0.112. The van der Waals surface area contributed by atoms with Gasteiger partial charge in [0, 0.05) is 19.9 Å². The summed E-state index contributed by atoms with van der Waals surface area (Å²) in [5, 5.41) is 11.1. The summed E-state index contributed by atoms with van der Waals surface area (Å²) < 4.78 is 101. The van der Waals surface area contributed by atoms with Crippen molar-refractivity contribution in [1.29, 1.82) is 0 Å². The Morgan fingerprint density at radius 3 is 2.19 bits per heavy atom. The quantitative estimate of drug-likeness (QED) is 0.223. The zero-order chi connectivity index (χ0) is 21.5. The van der Waals surface area contributed by atoms with Gasteiger partial charge in [-0.1, -0.05) is 19.9 Å². The van der Waals surface area contributed by atoms with Crippen molar-refractivity contribution in [2.75, 3.05) is 13.2 Å². The molecule has 0 fully saturated rings. The van der Waals surface area contributed by atoms with Crippen LogP contribution in [0.1, 0.15) is 33.1 Å². The third-order valence-corrected chi connectivity index (χ3v) is 3.34. The molecule has 0 heterocycles. The van der Waals surface area contributed by atoms with Crippen molar-refractivity contribution >= 4 is 5.91 Å². The fraction of sp³-hybridized carbons (Fsp3) is 0.800. The van der Waals surface area contributed by atoms with Crippen molar-refractivity contribution in [2.24, 2.45) is 0 Å². The number of aliphatic hydroxyl groups excluding tert-OH is 1. The maximum Gasteiger partial charge on any atom is 0.453 e. The molecule has 0 rings (SSSR count). The standard InChI is InChI=1S/C15H22F7NO4/c1-4-6-8-23-11(25)14(15(20,21)22,27-10(24)5-2)26-9-7-13(18,19)12(3,16)17/h5,10,24H,2,4,6-9H2,1,3H3,(H,23,25). The Labute approximate surface area is 151 Å². The van der Waals surface area contributed by atoms with Gasteiger partial charge in [-0.3, -0.25) is 4.79 Å². The summed E-state index contributed by atoms with van der Waals surface area (Å²) in [5.74, 6) is -15.3. The molecule has 0 saturated heterocycles. The first-order valence-electron chi connectivity index (χ1n) is 7.87. The number of hydrogen-bond donors (Lipinski definition) is 2. The van der Waals surface area contributed by atoms with Crippen LogP contribution in [0.15, 0.2) is 12.7 Å². The molecular formula is C15H22F7NO4. The lowest BCUT2D eigenvalue weighted by atomic mass is 10.1. The predicted octanol–water partition coefficient (Wildman–Crippen LogP) is 3.38. The lowest BCUT2D eigenvalue weighted by molar-refractivity contribution is -0.385. The Morgan fingerprint density at radius 2 is 1.78 bits per heavy atom. The molecule has 12 heteroatoms. The molecule has 1 amide bonds. The van der Waals surface area contributed by atoms with Crippen LogP contribution in [-0.2, 0) is 14.3 Å². The van der Waals surface area contributed by atoms with E-state index in [1.54, 1.807) is 6.92 Å². The topological polar surface area (TPSA) is 67.8 Å². The monoisotopic (exact) mass is 413 g/mol. The van der Waals surface area contributed by atoms with Crippen LogP contribution in [0.3, 0.4) is 0 Å². The van der Waals surface area contributed by atoms with E-state index >= 15 is 0 Å². The van der Waals surface area contributed by atoms with E-state index in [1.165, 1.54) is 0 Å². The number of alkyl halides is 7. The van der Waals surface area contributed by atoms with Crippen molar-refractivity contribution in [3.8, 4) is 0 Å². The van der Waals surface area contributed by atoms with Gasteiger partial charge in [-0.05, 0) is 12.5 Å². The average molecular weight is 413 g/mol. The summed E-state index contributed by atoms with van der Waals surface area (Å²) in [6.45, 7) is 2.70. The molecule has 2 unspecified atom stereocenters. The van der Waals surface area contributed by atoms with Gasteiger partial charge in [0.1, 0.15) is 0 Å². The van der Waals surface area contributed by atoms with Gasteiger partial charge in [-0.2, -0.15) is 22.0 Å². The van der Waals surface area contributed by atoms with E-state index in [2.05, 4.69) is 16.1 Å². The summed E-state index contributed by atoms with van der Waals surface area (Å²) in [7, 11) is 0. The molecule has 27 heavy (non-hydrogen) atoms. The third kappa shape index (κ3) is 6.92.